The van der Waals surface area contributed by atoms with E-state index in [0.29, 0.717) is 11.3 Å². The predicted octanol–water partition coefficient (Wildman–Crippen LogP) is 2.73. The highest BCUT2D eigenvalue weighted by Crippen LogP contribution is 2.62. The molecule has 0 unspecified atom stereocenters. The van der Waals surface area contributed by atoms with Gasteiger partial charge in [-0.15, -0.1) is 0 Å². The number of allylic oxidation sites excluding steroid dienone is 1. The Morgan fingerprint density at radius 2 is 2.07 bits per heavy atom. The van der Waals surface area contributed by atoms with Crippen LogP contribution in [0.4, 0.5) is 0 Å². The second-order valence-corrected chi connectivity index (χ2v) is 4.33. The summed E-state index contributed by atoms with van der Waals surface area (Å²) < 4.78 is 5.36. The summed E-state index contributed by atoms with van der Waals surface area (Å²) in [5.74, 6) is 1.42. The first-order chi connectivity index (χ1) is 6.86. The summed E-state index contributed by atoms with van der Waals surface area (Å²) in [5.41, 5.74) is 1.73. The second kappa shape index (κ2) is 2.63. The summed E-state index contributed by atoms with van der Waals surface area (Å²) in [6.45, 7) is 3.20. The molecular formula is C13H14O. The summed E-state index contributed by atoms with van der Waals surface area (Å²) in [4.78, 5) is 0. The summed E-state index contributed by atoms with van der Waals surface area (Å²) in [6.07, 6.45) is 4.11. The van der Waals surface area contributed by atoms with Crippen LogP contribution < -0.4 is 0 Å². The lowest BCUT2D eigenvalue weighted by molar-refractivity contribution is 0.211. The first kappa shape index (κ1) is 8.10. The monoisotopic (exact) mass is 186 g/mol. The zero-order valence-corrected chi connectivity index (χ0v) is 8.31. The number of benzene rings is 1. The van der Waals surface area contributed by atoms with E-state index in [2.05, 4.69) is 43.3 Å². The van der Waals surface area contributed by atoms with Crippen LogP contribution in [0.5, 0.6) is 0 Å². The van der Waals surface area contributed by atoms with Crippen LogP contribution in [0.2, 0.25) is 0 Å². The van der Waals surface area contributed by atoms with Crippen molar-refractivity contribution in [1.82, 2.24) is 0 Å². The zero-order valence-electron chi connectivity index (χ0n) is 8.31. The van der Waals surface area contributed by atoms with Gasteiger partial charge in [-0.1, -0.05) is 37.3 Å². The Balaban J connectivity index is 2.06. The van der Waals surface area contributed by atoms with Crippen molar-refractivity contribution >= 4 is 0 Å². The summed E-state index contributed by atoms with van der Waals surface area (Å²) in [5, 5.41) is 0. The lowest BCUT2D eigenvalue weighted by Gasteiger charge is -2.17. The molecule has 1 nitrogen and oxygen atoms in total. The minimum atomic E-state index is 0.291. The van der Waals surface area contributed by atoms with E-state index in [1.807, 2.05) is 6.26 Å². The smallest absolute Gasteiger partial charge is 0.0915 e. The lowest BCUT2D eigenvalue weighted by Crippen LogP contribution is -2.13. The van der Waals surface area contributed by atoms with Gasteiger partial charge in [0.2, 0.25) is 0 Å². The molecule has 0 radical (unpaired) electrons. The minimum Gasteiger partial charge on any atom is -0.501 e. The maximum absolute atomic E-state index is 5.36. The molecule has 14 heavy (non-hydrogen) atoms. The Bertz CT molecular complexity index is 368. The van der Waals surface area contributed by atoms with Gasteiger partial charge in [-0.3, -0.25) is 0 Å². The van der Waals surface area contributed by atoms with Gasteiger partial charge in [0.15, 0.2) is 0 Å². The van der Waals surface area contributed by atoms with Gasteiger partial charge in [-0.05, 0) is 17.6 Å². The van der Waals surface area contributed by atoms with Crippen molar-refractivity contribution in [2.24, 2.45) is 11.8 Å². The van der Waals surface area contributed by atoms with E-state index in [0.717, 1.165) is 12.5 Å². The molecule has 1 aromatic rings. The molecule has 1 aliphatic carbocycles. The standard InChI is InChI=1S/C13H14O/c1-10-12-9-14-8-7-13(10,12)11-5-3-2-4-6-11/h2-8,10,12H,9H2,1H3/t10-,12+,13-/m1/s1. The van der Waals surface area contributed by atoms with E-state index < -0.39 is 0 Å². The van der Waals surface area contributed by atoms with Crippen molar-refractivity contribution in [3.8, 4) is 0 Å². The van der Waals surface area contributed by atoms with E-state index in [1.165, 1.54) is 5.56 Å². The Labute approximate surface area is 84.4 Å². The van der Waals surface area contributed by atoms with Gasteiger partial charge >= 0.3 is 0 Å². The molecule has 0 N–H and O–H groups in total. The van der Waals surface area contributed by atoms with E-state index in [1.54, 1.807) is 0 Å². The molecule has 72 valence electrons. The van der Waals surface area contributed by atoms with Gasteiger partial charge in [0, 0.05) is 11.3 Å². The van der Waals surface area contributed by atoms with Crippen molar-refractivity contribution in [3.05, 3.63) is 48.2 Å². The van der Waals surface area contributed by atoms with Gasteiger partial charge in [-0.2, -0.15) is 0 Å². The fourth-order valence-corrected chi connectivity index (χ4v) is 2.86. The van der Waals surface area contributed by atoms with Gasteiger partial charge < -0.3 is 4.74 Å². The maximum Gasteiger partial charge on any atom is 0.0915 e. The molecule has 1 heterocycles. The largest absolute Gasteiger partial charge is 0.501 e. The van der Waals surface area contributed by atoms with Crippen LogP contribution in [-0.2, 0) is 10.2 Å². The number of hydrogen-bond donors (Lipinski definition) is 0. The molecule has 0 bridgehead atoms. The number of hydrogen-bond acceptors (Lipinski definition) is 1. The Hall–Kier alpha value is -1.24. The topological polar surface area (TPSA) is 9.23 Å². The zero-order chi connectivity index (χ0) is 9.60. The quantitative estimate of drug-likeness (QED) is 0.655. The molecular weight excluding hydrogens is 172 g/mol. The average Bonchev–Trinajstić information content (AvgIpc) is 2.88. The molecule has 2 aliphatic rings. The van der Waals surface area contributed by atoms with Gasteiger partial charge in [0.05, 0.1) is 12.9 Å². The third kappa shape index (κ3) is 0.848. The molecule has 3 rings (SSSR count). The Morgan fingerprint density at radius 3 is 2.79 bits per heavy atom. The molecule has 0 aromatic heterocycles. The number of fused-ring (bicyclic) bond motifs is 1. The van der Waals surface area contributed by atoms with Crippen molar-refractivity contribution in [2.75, 3.05) is 6.61 Å². The van der Waals surface area contributed by atoms with E-state index in [4.69, 9.17) is 4.74 Å². The van der Waals surface area contributed by atoms with E-state index >= 15 is 0 Å². The van der Waals surface area contributed by atoms with Crippen LogP contribution in [0.1, 0.15) is 12.5 Å². The van der Waals surface area contributed by atoms with Gasteiger partial charge in [0.25, 0.3) is 0 Å². The molecule has 0 spiro atoms. The SMILES string of the molecule is C[C@@H]1[C@@H]2COC=C[C@]12c1ccccc1. The van der Waals surface area contributed by atoms with E-state index in [-0.39, 0.29) is 0 Å². The highest BCUT2D eigenvalue weighted by Gasteiger charge is 2.62. The molecule has 1 fully saturated rings. The van der Waals surface area contributed by atoms with Gasteiger partial charge in [0.1, 0.15) is 0 Å². The molecule has 0 amide bonds. The highest BCUT2D eigenvalue weighted by atomic mass is 16.5. The predicted molar refractivity (Wildman–Crippen MR) is 55.9 cm³/mol. The average molecular weight is 186 g/mol. The first-order valence-electron chi connectivity index (χ1n) is 5.20. The van der Waals surface area contributed by atoms with Crippen molar-refractivity contribution in [2.45, 2.75) is 12.3 Å². The fourth-order valence-electron chi connectivity index (χ4n) is 2.86. The third-order valence-electron chi connectivity index (χ3n) is 3.85. The molecule has 1 aliphatic heterocycles. The van der Waals surface area contributed by atoms with Crippen LogP contribution in [0.3, 0.4) is 0 Å². The van der Waals surface area contributed by atoms with E-state index in [9.17, 15) is 0 Å². The van der Waals surface area contributed by atoms with Crippen LogP contribution in [0, 0.1) is 11.8 Å². The minimum absolute atomic E-state index is 0.291. The summed E-state index contributed by atoms with van der Waals surface area (Å²) >= 11 is 0. The van der Waals surface area contributed by atoms with Crippen LogP contribution >= 0.6 is 0 Å². The lowest BCUT2D eigenvalue weighted by atomic mass is 9.91. The van der Waals surface area contributed by atoms with Gasteiger partial charge in [-0.25, -0.2) is 0 Å². The number of rotatable bonds is 1. The molecule has 1 heteroatoms. The molecule has 1 saturated carbocycles. The summed E-state index contributed by atoms with van der Waals surface area (Å²) in [7, 11) is 0. The molecule has 0 saturated heterocycles. The molecule has 3 atom stereocenters. The van der Waals surface area contributed by atoms with Crippen LogP contribution in [-0.4, -0.2) is 6.61 Å². The van der Waals surface area contributed by atoms with Crippen molar-refractivity contribution in [1.29, 1.82) is 0 Å². The first-order valence-corrected chi connectivity index (χ1v) is 5.20. The fraction of sp³-hybridized carbons (Fsp3) is 0.385. The Morgan fingerprint density at radius 1 is 1.29 bits per heavy atom. The Kier molecular flexibility index (Phi) is 1.52. The van der Waals surface area contributed by atoms with Crippen LogP contribution in [0.15, 0.2) is 42.7 Å². The third-order valence-corrected chi connectivity index (χ3v) is 3.85. The summed E-state index contributed by atoms with van der Waals surface area (Å²) in [6, 6.07) is 10.8. The highest BCUT2D eigenvalue weighted by molar-refractivity contribution is 5.42. The van der Waals surface area contributed by atoms with Crippen LogP contribution in [0.25, 0.3) is 0 Å². The normalized spacial score (nSPS) is 38.6. The number of ether oxygens (including phenoxy) is 1. The maximum atomic E-state index is 5.36. The van der Waals surface area contributed by atoms with Crippen molar-refractivity contribution in [3.63, 3.8) is 0 Å². The molecule has 1 aromatic carbocycles. The van der Waals surface area contributed by atoms with Crippen molar-refractivity contribution < 1.29 is 4.74 Å². The second-order valence-electron chi connectivity index (χ2n) is 4.33.